The summed E-state index contributed by atoms with van der Waals surface area (Å²) in [7, 11) is 1.51. The molecule has 6 heteroatoms. The van der Waals surface area contributed by atoms with Crippen LogP contribution in [0.25, 0.3) is 0 Å². The molecule has 3 rings (SSSR count). The maximum absolute atomic E-state index is 12.7. The maximum Gasteiger partial charge on any atom is 0.343 e. The number of hydrogen-bond acceptors (Lipinski definition) is 5. The van der Waals surface area contributed by atoms with Crippen molar-refractivity contribution in [3.63, 3.8) is 0 Å². The van der Waals surface area contributed by atoms with Gasteiger partial charge in [0, 0.05) is 16.7 Å². The van der Waals surface area contributed by atoms with Gasteiger partial charge in [-0.2, -0.15) is 0 Å². The van der Waals surface area contributed by atoms with Gasteiger partial charge in [0.2, 0.25) is 5.91 Å². The number of esters is 1. The van der Waals surface area contributed by atoms with Crippen molar-refractivity contribution in [3.8, 4) is 11.5 Å². The van der Waals surface area contributed by atoms with Crippen LogP contribution in [0.15, 0.2) is 72.8 Å². The SMILES string of the molecule is COc1cccc(C(=O)Oc2cccc(C(=O)c3cccc(C(N)=O)c3)c2)c1. The standard InChI is InChI=1S/C22H17NO5/c1-27-18-9-4-8-17(13-18)22(26)28-19-10-3-6-15(12-19)20(24)14-5-2-7-16(11-14)21(23)25/h2-13H,1H3,(H2,23,25). The Balaban J connectivity index is 1.82. The van der Waals surface area contributed by atoms with Gasteiger partial charge in [0.15, 0.2) is 5.78 Å². The lowest BCUT2D eigenvalue weighted by atomic mass is 10.0. The molecule has 0 aliphatic heterocycles. The smallest absolute Gasteiger partial charge is 0.343 e. The van der Waals surface area contributed by atoms with Crippen molar-refractivity contribution in [2.45, 2.75) is 0 Å². The van der Waals surface area contributed by atoms with E-state index in [-0.39, 0.29) is 17.1 Å². The number of carbonyl (C=O) groups is 3. The highest BCUT2D eigenvalue weighted by atomic mass is 16.5. The fraction of sp³-hybridized carbons (Fsp3) is 0.0455. The number of methoxy groups -OCH3 is 1. The molecule has 0 aliphatic carbocycles. The summed E-state index contributed by atoms with van der Waals surface area (Å²) < 4.78 is 10.5. The van der Waals surface area contributed by atoms with Crippen molar-refractivity contribution in [2.75, 3.05) is 7.11 Å². The van der Waals surface area contributed by atoms with Crippen LogP contribution >= 0.6 is 0 Å². The molecule has 0 atom stereocenters. The number of nitrogens with two attached hydrogens (primary N) is 1. The van der Waals surface area contributed by atoms with Crippen LogP contribution in [-0.4, -0.2) is 24.8 Å². The first kappa shape index (κ1) is 18.8. The monoisotopic (exact) mass is 375 g/mol. The minimum absolute atomic E-state index is 0.227. The van der Waals surface area contributed by atoms with Crippen LogP contribution in [-0.2, 0) is 0 Å². The molecule has 0 aromatic heterocycles. The minimum Gasteiger partial charge on any atom is -0.497 e. The molecule has 1 amide bonds. The molecular weight excluding hydrogens is 358 g/mol. The molecule has 3 aromatic rings. The third-order valence-electron chi connectivity index (χ3n) is 4.02. The van der Waals surface area contributed by atoms with Gasteiger partial charge in [-0.3, -0.25) is 9.59 Å². The fourth-order valence-corrected chi connectivity index (χ4v) is 2.60. The lowest BCUT2D eigenvalue weighted by Crippen LogP contribution is -2.12. The lowest BCUT2D eigenvalue weighted by Gasteiger charge is -2.08. The summed E-state index contributed by atoms with van der Waals surface area (Å²) in [6.45, 7) is 0. The average Bonchev–Trinajstić information content (AvgIpc) is 2.73. The van der Waals surface area contributed by atoms with E-state index in [2.05, 4.69) is 0 Å². The van der Waals surface area contributed by atoms with Crippen molar-refractivity contribution in [2.24, 2.45) is 5.73 Å². The van der Waals surface area contributed by atoms with Crippen LogP contribution in [0.3, 0.4) is 0 Å². The van der Waals surface area contributed by atoms with E-state index < -0.39 is 11.9 Å². The van der Waals surface area contributed by atoms with E-state index in [1.807, 2.05) is 0 Å². The zero-order valence-electron chi connectivity index (χ0n) is 15.0. The molecule has 0 unspecified atom stereocenters. The van der Waals surface area contributed by atoms with Gasteiger partial charge in [-0.25, -0.2) is 4.79 Å². The van der Waals surface area contributed by atoms with Gasteiger partial charge in [-0.05, 0) is 42.5 Å². The van der Waals surface area contributed by atoms with Gasteiger partial charge < -0.3 is 15.2 Å². The summed E-state index contributed by atoms with van der Waals surface area (Å²) in [5.74, 6) is -0.741. The summed E-state index contributed by atoms with van der Waals surface area (Å²) in [5, 5.41) is 0. The topological polar surface area (TPSA) is 95.7 Å². The van der Waals surface area contributed by atoms with E-state index >= 15 is 0 Å². The van der Waals surface area contributed by atoms with E-state index in [0.29, 0.717) is 22.4 Å². The summed E-state index contributed by atoms with van der Waals surface area (Å²) >= 11 is 0. The molecule has 0 saturated heterocycles. The third kappa shape index (κ3) is 4.24. The Kier molecular flexibility index (Phi) is 5.50. The van der Waals surface area contributed by atoms with Crippen LogP contribution in [0.4, 0.5) is 0 Å². The second-order valence-corrected chi connectivity index (χ2v) is 5.92. The third-order valence-corrected chi connectivity index (χ3v) is 4.02. The molecule has 2 N–H and O–H groups in total. The van der Waals surface area contributed by atoms with E-state index in [1.54, 1.807) is 54.6 Å². The van der Waals surface area contributed by atoms with Crippen LogP contribution < -0.4 is 15.2 Å². The average molecular weight is 375 g/mol. The number of ether oxygens (including phenoxy) is 2. The predicted molar refractivity (Wildman–Crippen MR) is 103 cm³/mol. The van der Waals surface area contributed by atoms with Gasteiger partial charge >= 0.3 is 5.97 Å². The second-order valence-electron chi connectivity index (χ2n) is 5.92. The summed E-state index contributed by atoms with van der Waals surface area (Å²) in [4.78, 5) is 36.4. The van der Waals surface area contributed by atoms with Crippen molar-refractivity contribution in [3.05, 3.63) is 95.1 Å². The summed E-state index contributed by atoms with van der Waals surface area (Å²) in [6, 6.07) is 19.0. The Morgan fingerprint density at radius 3 is 1.93 bits per heavy atom. The van der Waals surface area contributed by atoms with Gasteiger partial charge in [0.25, 0.3) is 0 Å². The molecule has 0 saturated carbocycles. The number of benzene rings is 3. The van der Waals surface area contributed by atoms with Gasteiger partial charge in [-0.15, -0.1) is 0 Å². The van der Waals surface area contributed by atoms with Gasteiger partial charge in [0.05, 0.1) is 12.7 Å². The van der Waals surface area contributed by atoms with Crippen LogP contribution in [0.5, 0.6) is 11.5 Å². The number of primary amides is 1. The molecule has 0 fully saturated rings. The van der Waals surface area contributed by atoms with Crippen LogP contribution in [0, 0.1) is 0 Å². The first-order valence-electron chi connectivity index (χ1n) is 8.39. The minimum atomic E-state index is -0.615. The number of ketones is 1. The quantitative estimate of drug-likeness (QED) is 0.405. The molecule has 0 aliphatic rings. The molecule has 0 bridgehead atoms. The molecule has 0 heterocycles. The molecule has 0 spiro atoms. The Morgan fingerprint density at radius 2 is 1.25 bits per heavy atom. The molecular formula is C22H17NO5. The van der Waals surface area contributed by atoms with E-state index in [1.165, 1.54) is 25.3 Å². The maximum atomic E-state index is 12.7. The Labute approximate surface area is 161 Å². The van der Waals surface area contributed by atoms with Crippen molar-refractivity contribution >= 4 is 17.7 Å². The number of rotatable bonds is 6. The van der Waals surface area contributed by atoms with Crippen molar-refractivity contribution < 1.29 is 23.9 Å². The van der Waals surface area contributed by atoms with E-state index in [4.69, 9.17) is 15.2 Å². The van der Waals surface area contributed by atoms with E-state index in [0.717, 1.165) is 0 Å². The first-order chi connectivity index (χ1) is 13.5. The van der Waals surface area contributed by atoms with Crippen LogP contribution in [0.1, 0.15) is 36.6 Å². The van der Waals surface area contributed by atoms with Crippen molar-refractivity contribution in [1.82, 2.24) is 0 Å². The molecule has 6 nitrogen and oxygen atoms in total. The second kappa shape index (κ2) is 8.18. The molecule has 3 aromatic carbocycles. The zero-order chi connectivity index (χ0) is 20.1. The predicted octanol–water partition coefficient (Wildman–Crippen LogP) is 3.24. The Morgan fingerprint density at radius 1 is 0.714 bits per heavy atom. The van der Waals surface area contributed by atoms with Gasteiger partial charge in [-0.1, -0.05) is 30.3 Å². The van der Waals surface area contributed by atoms with Gasteiger partial charge in [0.1, 0.15) is 11.5 Å². The first-order valence-corrected chi connectivity index (χ1v) is 8.39. The number of amides is 1. The van der Waals surface area contributed by atoms with Crippen LogP contribution in [0.2, 0.25) is 0 Å². The number of carbonyl (C=O) groups excluding carboxylic acids is 3. The fourth-order valence-electron chi connectivity index (χ4n) is 2.60. The largest absolute Gasteiger partial charge is 0.497 e. The Hall–Kier alpha value is -3.93. The van der Waals surface area contributed by atoms with E-state index in [9.17, 15) is 14.4 Å². The highest BCUT2D eigenvalue weighted by Crippen LogP contribution is 2.20. The normalized spacial score (nSPS) is 10.2. The zero-order valence-corrected chi connectivity index (χ0v) is 15.0. The molecule has 140 valence electrons. The summed E-state index contributed by atoms with van der Waals surface area (Å²) in [5.41, 5.74) is 6.46. The van der Waals surface area contributed by atoms with Crippen molar-refractivity contribution in [1.29, 1.82) is 0 Å². The molecule has 28 heavy (non-hydrogen) atoms. The summed E-state index contributed by atoms with van der Waals surface area (Å²) in [6.07, 6.45) is 0. The Bertz CT molecular complexity index is 1060. The lowest BCUT2D eigenvalue weighted by molar-refractivity contribution is 0.0733. The highest BCUT2D eigenvalue weighted by Gasteiger charge is 2.14. The highest BCUT2D eigenvalue weighted by molar-refractivity contribution is 6.10. The number of hydrogen-bond donors (Lipinski definition) is 1. The molecule has 0 radical (unpaired) electrons.